The number of ether oxygens (including phenoxy) is 2. The predicted molar refractivity (Wildman–Crippen MR) is 58.7 cm³/mol. The minimum Gasteiger partial charge on any atom is -0.380 e. The quantitative estimate of drug-likeness (QED) is 0.585. The molecule has 1 aliphatic heterocycles. The Morgan fingerprint density at radius 1 is 1.33 bits per heavy atom. The Morgan fingerprint density at radius 3 is 2.87 bits per heavy atom. The summed E-state index contributed by atoms with van der Waals surface area (Å²) in [5.74, 6) is 1.34. The first-order chi connectivity index (χ1) is 7.36. The highest BCUT2D eigenvalue weighted by Crippen LogP contribution is 2.28. The van der Waals surface area contributed by atoms with Gasteiger partial charge in [-0.1, -0.05) is 0 Å². The number of rotatable bonds is 7. The molecule has 2 atom stereocenters. The fourth-order valence-electron chi connectivity index (χ4n) is 1.79. The fourth-order valence-corrected chi connectivity index (χ4v) is 1.79. The van der Waals surface area contributed by atoms with E-state index in [0.717, 1.165) is 38.8 Å². The van der Waals surface area contributed by atoms with Crippen molar-refractivity contribution in [2.24, 2.45) is 17.6 Å². The maximum atomic E-state index is 5.87. The maximum Gasteiger partial charge on any atom is 0.0621 e. The summed E-state index contributed by atoms with van der Waals surface area (Å²) in [6.07, 6.45) is 2.73. The predicted octanol–water partition coefficient (Wildman–Crippen LogP) is -0.0237. The molecule has 1 heterocycles. The molecular weight excluding hydrogens is 192 g/mol. The smallest absolute Gasteiger partial charge is 0.0621 e. The summed E-state index contributed by atoms with van der Waals surface area (Å²) < 4.78 is 10.8. The molecule has 0 spiro atoms. The molecule has 4 nitrogen and oxygen atoms in total. The van der Waals surface area contributed by atoms with E-state index in [-0.39, 0.29) is 6.04 Å². The highest BCUT2D eigenvalue weighted by atomic mass is 16.5. The van der Waals surface area contributed by atoms with Crippen LogP contribution in [0.3, 0.4) is 0 Å². The van der Waals surface area contributed by atoms with Crippen LogP contribution in [-0.2, 0) is 9.47 Å². The van der Waals surface area contributed by atoms with E-state index in [1.807, 2.05) is 0 Å². The molecule has 2 unspecified atom stereocenters. The van der Waals surface area contributed by atoms with Crippen LogP contribution in [0.5, 0.6) is 0 Å². The molecule has 0 amide bonds. The molecule has 2 aliphatic rings. The van der Waals surface area contributed by atoms with Crippen LogP contribution in [-0.4, -0.2) is 45.6 Å². The molecule has 0 radical (unpaired) electrons. The van der Waals surface area contributed by atoms with Crippen LogP contribution in [0.25, 0.3) is 0 Å². The summed E-state index contributed by atoms with van der Waals surface area (Å²) in [5.41, 5.74) is 5.87. The Bertz CT molecular complexity index is 185. The Labute approximate surface area is 91.5 Å². The number of nitrogens with two attached hydrogens (primary N) is 1. The van der Waals surface area contributed by atoms with Gasteiger partial charge in [-0.3, -0.25) is 0 Å². The molecule has 4 heteroatoms. The lowest BCUT2D eigenvalue weighted by molar-refractivity contribution is 0.125. The van der Waals surface area contributed by atoms with Gasteiger partial charge in [0.05, 0.1) is 19.8 Å². The molecular formula is C11H22N2O2. The number of hydrogen-bond donors (Lipinski definition) is 2. The van der Waals surface area contributed by atoms with Gasteiger partial charge in [0.25, 0.3) is 0 Å². The van der Waals surface area contributed by atoms with Crippen molar-refractivity contribution in [3.05, 3.63) is 0 Å². The van der Waals surface area contributed by atoms with Gasteiger partial charge < -0.3 is 20.5 Å². The average Bonchev–Trinajstić information content (AvgIpc) is 2.96. The van der Waals surface area contributed by atoms with E-state index >= 15 is 0 Å². The average molecular weight is 214 g/mol. The van der Waals surface area contributed by atoms with Crippen molar-refractivity contribution in [3.63, 3.8) is 0 Å². The van der Waals surface area contributed by atoms with Crippen molar-refractivity contribution < 1.29 is 9.47 Å². The second-order valence-corrected chi connectivity index (χ2v) is 4.68. The van der Waals surface area contributed by atoms with E-state index in [4.69, 9.17) is 15.2 Å². The van der Waals surface area contributed by atoms with E-state index in [1.165, 1.54) is 12.8 Å². The maximum absolute atomic E-state index is 5.87. The summed E-state index contributed by atoms with van der Waals surface area (Å²) >= 11 is 0. The normalized spacial score (nSPS) is 31.0. The number of hydrogen-bond acceptors (Lipinski definition) is 4. The largest absolute Gasteiger partial charge is 0.380 e. The molecule has 1 aliphatic carbocycles. The van der Waals surface area contributed by atoms with E-state index in [0.29, 0.717) is 12.5 Å². The zero-order chi connectivity index (χ0) is 10.5. The highest BCUT2D eigenvalue weighted by molar-refractivity contribution is 4.79. The second kappa shape index (κ2) is 5.80. The summed E-state index contributed by atoms with van der Waals surface area (Å²) in [4.78, 5) is 0. The lowest BCUT2D eigenvalue weighted by Crippen LogP contribution is -2.37. The van der Waals surface area contributed by atoms with Gasteiger partial charge in [0.15, 0.2) is 0 Å². The lowest BCUT2D eigenvalue weighted by Gasteiger charge is -2.13. The van der Waals surface area contributed by atoms with Crippen LogP contribution in [0, 0.1) is 11.8 Å². The van der Waals surface area contributed by atoms with Crippen molar-refractivity contribution in [3.8, 4) is 0 Å². The van der Waals surface area contributed by atoms with Crippen molar-refractivity contribution in [2.45, 2.75) is 18.9 Å². The van der Waals surface area contributed by atoms with Crippen molar-refractivity contribution in [1.82, 2.24) is 5.32 Å². The van der Waals surface area contributed by atoms with Crippen molar-refractivity contribution in [2.75, 3.05) is 39.5 Å². The first kappa shape index (κ1) is 11.3. The summed E-state index contributed by atoms with van der Waals surface area (Å²) in [5, 5.41) is 3.37. The minimum atomic E-state index is 0.213. The highest BCUT2D eigenvalue weighted by Gasteiger charge is 2.24. The van der Waals surface area contributed by atoms with Gasteiger partial charge >= 0.3 is 0 Å². The SMILES string of the molecule is NC1COCC1CNCCOCC1CC1. The molecule has 2 rings (SSSR count). The van der Waals surface area contributed by atoms with E-state index in [9.17, 15) is 0 Å². The Hall–Kier alpha value is -0.160. The van der Waals surface area contributed by atoms with Gasteiger partial charge in [-0.05, 0) is 18.8 Å². The molecule has 2 fully saturated rings. The zero-order valence-electron chi connectivity index (χ0n) is 9.28. The van der Waals surface area contributed by atoms with Gasteiger partial charge in [-0.15, -0.1) is 0 Å². The second-order valence-electron chi connectivity index (χ2n) is 4.68. The van der Waals surface area contributed by atoms with Crippen molar-refractivity contribution in [1.29, 1.82) is 0 Å². The Kier molecular flexibility index (Phi) is 4.38. The molecule has 0 bridgehead atoms. The molecule has 88 valence electrons. The minimum absolute atomic E-state index is 0.213. The molecule has 1 saturated heterocycles. The third-order valence-electron chi connectivity index (χ3n) is 3.13. The summed E-state index contributed by atoms with van der Waals surface area (Å²) in [6, 6.07) is 0.213. The molecule has 1 saturated carbocycles. The van der Waals surface area contributed by atoms with Crippen LogP contribution >= 0.6 is 0 Å². The van der Waals surface area contributed by atoms with Crippen LogP contribution < -0.4 is 11.1 Å². The van der Waals surface area contributed by atoms with E-state index < -0.39 is 0 Å². The first-order valence-corrected chi connectivity index (χ1v) is 5.98. The lowest BCUT2D eigenvalue weighted by atomic mass is 10.1. The van der Waals surface area contributed by atoms with Crippen molar-refractivity contribution >= 4 is 0 Å². The monoisotopic (exact) mass is 214 g/mol. The molecule has 0 aromatic carbocycles. The van der Waals surface area contributed by atoms with Crippen LogP contribution in [0.15, 0.2) is 0 Å². The van der Waals surface area contributed by atoms with E-state index in [2.05, 4.69) is 5.32 Å². The van der Waals surface area contributed by atoms with Crippen LogP contribution in [0.1, 0.15) is 12.8 Å². The fraction of sp³-hybridized carbons (Fsp3) is 1.00. The van der Waals surface area contributed by atoms with E-state index in [1.54, 1.807) is 0 Å². The summed E-state index contributed by atoms with van der Waals surface area (Å²) in [6.45, 7) is 5.17. The van der Waals surface area contributed by atoms with Crippen LogP contribution in [0.2, 0.25) is 0 Å². The zero-order valence-corrected chi connectivity index (χ0v) is 9.28. The standard InChI is InChI=1S/C11H22N2O2/c12-11-8-15-7-10(11)5-13-3-4-14-6-9-1-2-9/h9-11,13H,1-8,12H2. The third kappa shape index (κ3) is 4.07. The van der Waals surface area contributed by atoms with Gasteiger partial charge in [-0.2, -0.15) is 0 Å². The molecule has 0 aromatic rings. The Morgan fingerprint density at radius 2 is 2.20 bits per heavy atom. The molecule has 15 heavy (non-hydrogen) atoms. The molecule has 0 aromatic heterocycles. The first-order valence-electron chi connectivity index (χ1n) is 5.98. The van der Waals surface area contributed by atoms with Gasteiger partial charge in [0.2, 0.25) is 0 Å². The third-order valence-corrected chi connectivity index (χ3v) is 3.13. The summed E-state index contributed by atoms with van der Waals surface area (Å²) in [7, 11) is 0. The van der Waals surface area contributed by atoms with Gasteiger partial charge in [-0.25, -0.2) is 0 Å². The van der Waals surface area contributed by atoms with Gasteiger partial charge in [0, 0.05) is 31.7 Å². The van der Waals surface area contributed by atoms with Gasteiger partial charge in [0.1, 0.15) is 0 Å². The molecule has 3 N–H and O–H groups in total. The number of nitrogens with one attached hydrogen (secondary N) is 1. The van der Waals surface area contributed by atoms with Crippen LogP contribution in [0.4, 0.5) is 0 Å². The Balaban J connectivity index is 1.40. The topological polar surface area (TPSA) is 56.5 Å².